The number of carbonyl (C=O) groups is 3. The Morgan fingerprint density at radius 3 is 1.00 bits per heavy atom. The molecule has 0 aliphatic carbocycles. The van der Waals surface area contributed by atoms with E-state index in [2.05, 4.69) is 26.0 Å². The van der Waals surface area contributed by atoms with E-state index in [-0.39, 0.29) is 76.1 Å². The van der Waals surface area contributed by atoms with E-state index >= 15 is 0 Å². The molecule has 0 bridgehead atoms. The molecule has 0 atom stereocenters. The summed E-state index contributed by atoms with van der Waals surface area (Å²) in [5.74, 6) is 2.08. The maximum atomic E-state index is 13.3. The van der Waals surface area contributed by atoms with Gasteiger partial charge in [0.15, 0.2) is 18.2 Å². The minimum Gasteiger partial charge on any atom is -0.485 e. The van der Waals surface area contributed by atoms with Crippen molar-refractivity contribution in [2.45, 2.75) is 137 Å². The number of benzene rings is 3. The molecule has 65 heavy (non-hydrogen) atoms. The van der Waals surface area contributed by atoms with E-state index in [1.54, 1.807) is 42.7 Å². The zero-order valence-corrected chi connectivity index (χ0v) is 41.7. The van der Waals surface area contributed by atoms with Crippen LogP contribution in [0.15, 0.2) is 36.4 Å². The minimum atomic E-state index is -0.960. The quantitative estimate of drug-likeness (QED) is 0.0410. The lowest BCUT2D eigenvalue weighted by Gasteiger charge is -2.35. The zero-order valence-electron chi connectivity index (χ0n) is 40.9. The highest BCUT2D eigenvalue weighted by molar-refractivity contribution is 8.13. The topological polar surface area (TPSA) is 134 Å². The third-order valence-electron chi connectivity index (χ3n) is 11.2. The number of ketones is 2. The van der Waals surface area contributed by atoms with Crippen LogP contribution in [0.2, 0.25) is 0 Å². The SMILES string of the molecule is CCCCCCCCCCCCSC(=O)COc1c(COC)cc(C(C)(c2cc(COC)c(OCC(C)=O)c(COC)c2)c2cc(COC)c(OCC(C)=O)c(COC)c2)cc1COC. The Morgan fingerprint density at radius 1 is 0.446 bits per heavy atom. The number of carbonyl (C=O) groups excluding carboxylic acids is 3. The first-order valence-corrected chi connectivity index (χ1v) is 23.9. The number of unbranched alkanes of at least 4 members (excludes halogenated alkanes) is 9. The fraction of sp³-hybridized carbons (Fsp3) is 0.596. The van der Waals surface area contributed by atoms with E-state index < -0.39 is 5.41 Å². The second-order valence-corrected chi connectivity index (χ2v) is 17.9. The van der Waals surface area contributed by atoms with Gasteiger partial charge in [-0.1, -0.05) is 76.5 Å². The largest absolute Gasteiger partial charge is 0.485 e. The van der Waals surface area contributed by atoms with Gasteiger partial charge in [0, 0.05) is 87.2 Å². The van der Waals surface area contributed by atoms with Gasteiger partial charge in [-0.15, -0.1) is 0 Å². The molecule has 13 heteroatoms. The number of methoxy groups -OCH3 is 6. The molecule has 3 aromatic rings. The van der Waals surface area contributed by atoms with E-state index in [1.165, 1.54) is 77.0 Å². The van der Waals surface area contributed by atoms with Crippen LogP contribution in [0.5, 0.6) is 17.2 Å². The molecule has 0 aliphatic rings. The maximum Gasteiger partial charge on any atom is 0.226 e. The first kappa shape index (κ1) is 55.5. The van der Waals surface area contributed by atoms with Crippen LogP contribution in [-0.4, -0.2) is 84.9 Å². The lowest BCUT2D eigenvalue weighted by atomic mass is 9.69. The molecular formula is C52H76O12S. The van der Waals surface area contributed by atoms with Crippen molar-refractivity contribution in [3.8, 4) is 17.2 Å². The number of thioether (sulfide) groups is 1. The Balaban J connectivity index is 2.20. The van der Waals surface area contributed by atoms with Crippen molar-refractivity contribution < 1.29 is 57.0 Å². The molecule has 12 nitrogen and oxygen atoms in total. The summed E-state index contributed by atoms with van der Waals surface area (Å²) < 4.78 is 53.2. The van der Waals surface area contributed by atoms with Gasteiger partial charge in [-0.3, -0.25) is 14.4 Å². The summed E-state index contributed by atoms with van der Waals surface area (Å²) in [7, 11) is 9.69. The predicted octanol–water partition coefficient (Wildman–Crippen LogP) is 10.4. The van der Waals surface area contributed by atoms with Crippen molar-refractivity contribution >= 4 is 28.4 Å². The minimum absolute atomic E-state index is 0.0339. The Labute approximate surface area is 393 Å². The third kappa shape index (κ3) is 17.4. The number of ether oxygens (including phenoxy) is 9. The Hall–Kier alpha value is -3.82. The molecule has 0 spiro atoms. The number of rotatable bonds is 35. The molecule has 362 valence electrons. The molecule has 0 saturated carbocycles. The molecule has 0 heterocycles. The van der Waals surface area contributed by atoms with Crippen LogP contribution in [0.4, 0.5) is 0 Å². The highest BCUT2D eigenvalue weighted by atomic mass is 32.2. The van der Waals surface area contributed by atoms with Crippen molar-refractivity contribution in [3.63, 3.8) is 0 Å². The molecule has 0 amide bonds. The molecular weight excluding hydrogens is 849 g/mol. The van der Waals surface area contributed by atoms with Crippen LogP contribution in [-0.2, 0) is 87.9 Å². The summed E-state index contributed by atoms with van der Waals surface area (Å²) in [5, 5.41) is -0.0339. The first-order valence-electron chi connectivity index (χ1n) is 22.9. The van der Waals surface area contributed by atoms with Gasteiger partial charge in [-0.2, -0.15) is 0 Å². The van der Waals surface area contributed by atoms with Crippen LogP contribution in [0.1, 0.15) is 142 Å². The monoisotopic (exact) mass is 925 g/mol. The third-order valence-corrected chi connectivity index (χ3v) is 12.1. The fourth-order valence-electron chi connectivity index (χ4n) is 8.06. The van der Waals surface area contributed by atoms with Crippen LogP contribution in [0.3, 0.4) is 0 Å². The van der Waals surface area contributed by atoms with Gasteiger partial charge >= 0.3 is 0 Å². The predicted molar refractivity (Wildman–Crippen MR) is 256 cm³/mol. The summed E-state index contributed by atoms with van der Waals surface area (Å²) in [6.45, 7) is 8.15. The second kappa shape index (κ2) is 30.5. The van der Waals surface area contributed by atoms with Gasteiger partial charge in [0.1, 0.15) is 30.5 Å². The molecule has 0 unspecified atom stereocenters. The molecule has 0 radical (unpaired) electrons. The van der Waals surface area contributed by atoms with Gasteiger partial charge < -0.3 is 42.6 Å². The van der Waals surface area contributed by atoms with Crippen molar-refractivity contribution in [3.05, 3.63) is 86.5 Å². The lowest BCUT2D eigenvalue weighted by molar-refractivity contribution is -0.119. The normalized spacial score (nSPS) is 11.5. The highest BCUT2D eigenvalue weighted by Crippen LogP contribution is 2.46. The smallest absolute Gasteiger partial charge is 0.226 e. The van der Waals surface area contributed by atoms with Crippen LogP contribution in [0, 0.1) is 0 Å². The van der Waals surface area contributed by atoms with E-state index in [0.717, 1.165) is 68.7 Å². The second-order valence-electron chi connectivity index (χ2n) is 16.8. The van der Waals surface area contributed by atoms with Crippen LogP contribution in [0.25, 0.3) is 0 Å². The van der Waals surface area contributed by atoms with Crippen LogP contribution >= 0.6 is 11.8 Å². The highest BCUT2D eigenvalue weighted by Gasteiger charge is 2.36. The number of hydrogen-bond donors (Lipinski definition) is 0. The summed E-state index contributed by atoms with van der Waals surface area (Å²) >= 11 is 1.32. The summed E-state index contributed by atoms with van der Waals surface area (Å²) in [6.07, 6.45) is 12.4. The van der Waals surface area contributed by atoms with Gasteiger partial charge in [0.25, 0.3) is 0 Å². The summed E-state index contributed by atoms with van der Waals surface area (Å²) in [4.78, 5) is 37.6. The van der Waals surface area contributed by atoms with E-state index in [1.807, 2.05) is 24.3 Å². The fourth-order valence-corrected chi connectivity index (χ4v) is 8.78. The van der Waals surface area contributed by atoms with Crippen molar-refractivity contribution in [2.75, 3.05) is 68.2 Å². The number of hydrogen-bond acceptors (Lipinski definition) is 13. The summed E-state index contributed by atoms with van der Waals surface area (Å²) in [6, 6.07) is 12.2. The average molecular weight is 925 g/mol. The van der Waals surface area contributed by atoms with Crippen molar-refractivity contribution in [1.29, 1.82) is 0 Å². The Bertz CT molecular complexity index is 1770. The van der Waals surface area contributed by atoms with E-state index in [0.29, 0.717) is 17.2 Å². The lowest BCUT2D eigenvalue weighted by Crippen LogP contribution is -2.28. The first-order chi connectivity index (χ1) is 31.4. The standard InChI is InChI=1S/C52H76O12S/c1-11-12-13-14-15-16-17-18-19-20-21-65-48(55)36-64-51-43(34-60-9)26-47(27-44(51)35-61-10)52(4,45-22-39(30-56-5)49(62-28-37(2)53)40(23-45)31-57-6)46-24-41(32-58-7)50(63-29-38(3)54)42(25-46)33-59-8/h22-27H,11-21,28-36H2,1-10H3. The molecule has 0 fully saturated rings. The Morgan fingerprint density at radius 2 is 0.723 bits per heavy atom. The van der Waals surface area contributed by atoms with E-state index in [4.69, 9.17) is 42.6 Å². The van der Waals surface area contributed by atoms with E-state index in [9.17, 15) is 14.4 Å². The number of Topliss-reactive ketones (excluding diaryl/α,β-unsaturated/α-hetero) is 2. The van der Waals surface area contributed by atoms with Gasteiger partial charge in [0.05, 0.1) is 39.6 Å². The van der Waals surface area contributed by atoms with Gasteiger partial charge in [0.2, 0.25) is 5.12 Å². The van der Waals surface area contributed by atoms with Gasteiger partial charge in [-0.05, 0) is 80.3 Å². The van der Waals surface area contributed by atoms with Crippen molar-refractivity contribution in [1.82, 2.24) is 0 Å². The van der Waals surface area contributed by atoms with Gasteiger partial charge in [-0.25, -0.2) is 0 Å². The molecule has 0 N–H and O–H groups in total. The summed E-state index contributed by atoms with van der Waals surface area (Å²) in [5.41, 5.74) is 5.99. The van der Waals surface area contributed by atoms with Crippen LogP contribution < -0.4 is 14.2 Å². The molecule has 0 aromatic heterocycles. The average Bonchev–Trinajstić information content (AvgIpc) is 3.27. The molecule has 3 rings (SSSR count). The Kier molecular flexibility index (Phi) is 26.0. The molecule has 0 saturated heterocycles. The molecule has 3 aromatic carbocycles. The maximum absolute atomic E-state index is 13.3. The zero-order chi connectivity index (χ0) is 47.6. The molecule has 0 aliphatic heterocycles. The van der Waals surface area contributed by atoms with Crippen molar-refractivity contribution in [2.24, 2.45) is 0 Å².